The second-order valence-corrected chi connectivity index (χ2v) is 7.97. The standard InChI is InChI=1S/C21H25N3O3.CH5N/c1-14(2)27-18-10-17-15(9-16(18)12-25)3-6-22-20(17)24-7-4-21(5-8-24)11-19(26)23-13-21;1-2/h3,6,9-10,12,14H,4-5,7-8,11,13H2,1-2H3,(H,23,26);2H2,1H3. The average molecular weight is 399 g/mol. The van der Waals surface area contributed by atoms with Gasteiger partial charge in [0.25, 0.3) is 0 Å². The molecular weight excluding hydrogens is 368 g/mol. The molecular formula is C22H30N4O3. The van der Waals surface area contributed by atoms with Crippen molar-refractivity contribution < 1.29 is 14.3 Å². The number of ether oxygens (including phenoxy) is 1. The minimum atomic E-state index is -0.0106. The summed E-state index contributed by atoms with van der Waals surface area (Å²) in [7, 11) is 1.50. The summed E-state index contributed by atoms with van der Waals surface area (Å²) >= 11 is 0. The van der Waals surface area contributed by atoms with Crippen molar-refractivity contribution in [3.8, 4) is 5.75 Å². The van der Waals surface area contributed by atoms with Gasteiger partial charge < -0.3 is 20.7 Å². The van der Waals surface area contributed by atoms with Crippen molar-refractivity contribution in [3.05, 3.63) is 30.0 Å². The van der Waals surface area contributed by atoms with E-state index in [4.69, 9.17) is 4.74 Å². The molecule has 0 saturated carbocycles. The number of fused-ring (bicyclic) bond motifs is 1. The Bertz CT molecular complexity index is 889. The molecule has 156 valence electrons. The third-order valence-corrected chi connectivity index (χ3v) is 5.68. The van der Waals surface area contributed by atoms with Crippen molar-refractivity contribution in [2.45, 2.75) is 39.2 Å². The number of pyridine rings is 1. The Morgan fingerprint density at radius 1 is 1.28 bits per heavy atom. The molecule has 2 aliphatic heterocycles. The number of nitrogens with zero attached hydrogens (tertiary/aromatic N) is 2. The smallest absolute Gasteiger partial charge is 0.220 e. The van der Waals surface area contributed by atoms with Crippen molar-refractivity contribution in [3.63, 3.8) is 0 Å². The predicted octanol–water partition coefficient (Wildman–Crippen LogP) is 2.52. The highest BCUT2D eigenvalue weighted by Gasteiger charge is 2.41. The first kappa shape index (κ1) is 21.0. The first-order chi connectivity index (χ1) is 14.0. The Hall–Kier alpha value is -2.67. The Kier molecular flexibility index (Phi) is 6.37. The zero-order valence-electron chi connectivity index (χ0n) is 17.4. The van der Waals surface area contributed by atoms with Crippen LogP contribution in [-0.4, -0.2) is 50.0 Å². The van der Waals surface area contributed by atoms with Gasteiger partial charge in [0.2, 0.25) is 5.91 Å². The first-order valence-electron chi connectivity index (χ1n) is 10.1. The second kappa shape index (κ2) is 8.78. The SMILES string of the molecule is CC(C)Oc1cc2c(N3CCC4(CC3)CNC(=O)C4)nccc2cc1C=O.CN. The number of hydrogen-bond acceptors (Lipinski definition) is 6. The zero-order chi connectivity index (χ0) is 21.0. The lowest BCUT2D eigenvalue weighted by Gasteiger charge is -2.39. The molecule has 1 aromatic heterocycles. The van der Waals surface area contributed by atoms with Gasteiger partial charge in [-0.3, -0.25) is 9.59 Å². The average Bonchev–Trinajstić information content (AvgIpc) is 3.09. The number of nitrogens with two attached hydrogens (primary N) is 1. The fourth-order valence-corrected chi connectivity index (χ4v) is 4.20. The third kappa shape index (κ3) is 4.34. The van der Waals surface area contributed by atoms with Gasteiger partial charge in [0.05, 0.1) is 11.7 Å². The molecule has 2 fully saturated rings. The molecule has 2 saturated heterocycles. The van der Waals surface area contributed by atoms with Gasteiger partial charge in [0, 0.05) is 37.6 Å². The van der Waals surface area contributed by atoms with Crippen molar-refractivity contribution in [2.24, 2.45) is 11.1 Å². The second-order valence-electron chi connectivity index (χ2n) is 7.97. The molecule has 0 bridgehead atoms. The highest BCUT2D eigenvalue weighted by Crippen LogP contribution is 2.40. The van der Waals surface area contributed by atoms with E-state index in [1.807, 2.05) is 32.0 Å². The van der Waals surface area contributed by atoms with Gasteiger partial charge >= 0.3 is 0 Å². The molecule has 2 aromatic rings. The molecule has 0 radical (unpaired) electrons. The summed E-state index contributed by atoms with van der Waals surface area (Å²) in [5, 5.41) is 4.96. The number of aldehydes is 1. The quantitative estimate of drug-likeness (QED) is 0.768. The summed E-state index contributed by atoms with van der Waals surface area (Å²) in [6.07, 6.45) is 5.21. The molecule has 0 unspecified atom stereocenters. The topological polar surface area (TPSA) is 97.5 Å². The van der Waals surface area contributed by atoms with E-state index in [9.17, 15) is 9.59 Å². The van der Waals surface area contributed by atoms with Crippen LogP contribution in [0.5, 0.6) is 5.75 Å². The van der Waals surface area contributed by atoms with Crippen LogP contribution in [0.2, 0.25) is 0 Å². The number of aromatic nitrogens is 1. The van der Waals surface area contributed by atoms with Crippen LogP contribution in [0, 0.1) is 5.41 Å². The fourth-order valence-electron chi connectivity index (χ4n) is 4.20. The molecule has 7 nitrogen and oxygen atoms in total. The Morgan fingerprint density at radius 3 is 2.59 bits per heavy atom. The number of anilines is 1. The predicted molar refractivity (Wildman–Crippen MR) is 115 cm³/mol. The largest absolute Gasteiger partial charge is 0.490 e. The maximum Gasteiger partial charge on any atom is 0.220 e. The Labute approximate surface area is 171 Å². The van der Waals surface area contributed by atoms with E-state index >= 15 is 0 Å². The van der Waals surface area contributed by atoms with Gasteiger partial charge in [-0.25, -0.2) is 4.98 Å². The van der Waals surface area contributed by atoms with Crippen molar-refractivity contribution >= 4 is 28.8 Å². The van der Waals surface area contributed by atoms with Crippen LogP contribution < -0.4 is 20.7 Å². The minimum Gasteiger partial charge on any atom is -0.490 e. The van der Waals surface area contributed by atoms with Crippen LogP contribution in [0.25, 0.3) is 10.8 Å². The van der Waals surface area contributed by atoms with Crippen LogP contribution in [0.4, 0.5) is 5.82 Å². The lowest BCUT2D eigenvalue weighted by molar-refractivity contribution is -0.119. The zero-order valence-corrected chi connectivity index (χ0v) is 17.4. The molecule has 7 heteroatoms. The van der Waals surface area contributed by atoms with Crippen LogP contribution in [0.3, 0.4) is 0 Å². The molecule has 0 atom stereocenters. The highest BCUT2D eigenvalue weighted by molar-refractivity contribution is 5.98. The van der Waals surface area contributed by atoms with Crippen LogP contribution >= 0.6 is 0 Å². The fraction of sp³-hybridized carbons (Fsp3) is 0.500. The van der Waals surface area contributed by atoms with E-state index in [-0.39, 0.29) is 17.4 Å². The molecule has 1 amide bonds. The Morgan fingerprint density at radius 2 is 2.00 bits per heavy atom. The highest BCUT2D eigenvalue weighted by atomic mass is 16.5. The van der Waals surface area contributed by atoms with E-state index in [2.05, 4.69) is 20.9 Å². The van der Waals surface area contributed by atoms with Crippen LogP contribution in [0.1, 0.15) is 43.5 Å². The lowest BCUT2D eigenvalue weighted by Crippen LogP contribution is -2.41. The molecule has 3 N–H and O–H groups in total. The van der Waals surface area contributed by atoms with E-state index in [0.29, 0.717) is 17.7 Å². The van der Waals surface area contributed by atoms with Gasteiger partial charge in [-0.1, -0.05) is 0 Å². The summed E-state index contributed by atoms with van der Waals surface area (Å²) in [5.74, 6) is 1.69. The van der Waals surface area contributed by atoms with Crippen molar-refractivity contribution in [1.82, 2.24) is 10.3 Å². The summed E-state index contributed by atoms with van der Waals surface area (Å²) in [6, 6.07) is 5.73. The summed E-state index contributed by atoms with van der Waals surface area (Å²) < 4.78 is 5.85. The molecule has 29 heavy (non-hydrogen) atoms. The van der Waals surface area contributed by atoms with Crippen molar-refractivity contribution in [1.29, 1.82) is 0 Å². The van der Waals surface area contributed by atoms with Gasteiger partial charge in [0.15, 0.2) is 6.29 Å². The van der Waals surface area contributed by atoms with Crippen LogP contribution in [0.15, 0.2) is 24.4 Å². The molecule has 1 aromatic carbocycles. The molecule has 0 aliphatic carbocycles. The molecule has 1 spiro atoms. The number of benzene rings is 1. The first-order valence-corrected chi connectivity index (χ1v) is 10.1. The summed E-state index contributed by atoms with van der Waals surface area (Å²) in [6.45, 7) is 6.43. The summed E-state index contributed by atoms with van der Waals surface area (Å²) in [5.41, 5.74) is 5.16. The molecule has 3 heterocycles. The number of carbonyl (C=O) groups is 2. The van der Waals surface area contributed by atoms with E-state index in [1.54, 1.807) is 6.20 Å². The van der Waals surface area contributed by atoms with Gasteiger partial charge in [-0.15, -0.1) is 0 Å². The minimum absolute atomic E-state index is 0.0106. The van der Waals surface area contributed by atoms with E-state index in [1.165, 1.54) is 7.05 Å². The van der Waals surface area contributed by atoms with Gasteiger partial charge in [0.1, 0.15) is 11.6 Å². The normalized spacial score (nSPS) is 17.8. The third-order valence-electron chi connectivity index (χ3n) is 5.68. The molecule has 4 rings (SSSR count). The van der Waals surface area contributed by atoms with E-state index < -0.39 is 0 Å². The van der Waals surface area contributed by atoms with Gasteiger partial charge in [-0.2, -0.15) is 0 Å². The maximum absolute atomic E-state index is 11.6. The number of amides is 1. The number of carbonyl (C=O) groups excluding carboxylic acids is 2. The number of nitrogens with one attached hydrogen (secondary N) is 1. The van der Waals surface area contributed by atoms with Gasteiger partial charge in [-0.05, 0) is 62.7 Å². The lowest BCUT2D eigenvalue weighted by atomic mass is 9.77. The van der Waals surface area contributed by atoms with Crippen LogP contribution in [-0.2, 0) is 4.79 Å². The monoisotopic (exact) mass is 398 g/mol. The molecule has 2 aliphatic rings. The Balaban J connectivity index is 0.00000117. The van der Waals surface area contributed by atoms with E-state index in [0.717, 1.165) is 55.4 Å². The van der Waals surface area contributed by atoms with Crippen molar-refractivity contribution in [2.75, 3.05) is 31.6 Å². The number of rotatable bonds is 4. The number of piperidine rings is 1. The maximum atomic E-state index is 11.6. The number of hydrogen-bond donors (Lipinski definition) is 2. The summed E-state index contributed by atoms with van der Waals surface area (Å²) in [4.78, 5) is 30.0.